The third-order valence-corrected chi connectivity index (χ3v) is 12.3. The minimum Gasteiger partial charge on any atom is -0.455 e. The van der Waals surface area contributed by atoms with Crippen molar-refractivity contribution < 1.29 is 11.3 Å². The summed E-state index contributed by atoms with van der Waals surface area (Å²) in [5, 5.41) is 6.51. The normalized spacial score (nSPS) is 20.2. The van der Waals surface area contributed by atoms with Crippen molar-refractivity contribution in [3.63, 3.8) is 0 Å². The Labute approximate surface area is 323 Å². The molecule has 0 amide bonds. The van der Waals surface area contributed by atoms with Gasteiger partial charge >= 0.3 is 0 Å². The number of fused-ring (bicyclic) bond motifs is 8. The number of hydrogen-bond donors (Lipinski definition) is 0. The molecule has 0 aliphatic heterocycles. The lowest BCUT2D eigenvalue weighted by atomic mass is 9.74. The molecule has 2 aliphatic rings. The maximum absolute atomic E-state index is 9.08. The standard InChI is InChI=1S/C51H55NO/c1-29-26-52-41(22-33(29)25-47(2,3)4)35-15-13-14-34-38-20-31-18-16-30-17-19-32(21-36(30)37(31)23-42(38)53-46(34)35)43-44-39(48(5,6)27-50(44,9)10)24-40-45(43)51(11,12)28-49(40,7)8/h13-24,26H,25,27-28H2,1-12H3/i1D3,25D2. The average molecular weight is 703 g/mol. The van der Waals surface area contributed by atoms with Gasteiger partial charge in [0, 0.05) is 29.4 Å². The molecule has 0 fully saturated rings. The lowest BCUT2D eigenvalue weighted by Gasteiger charge is -2.30. The molecular weight excluding hydrogens is 643 g/mol. The summed E-state index contributed by atoms with van der Waals surface area (Å²) in [6.07, 6.45) is 1.60. The molecule has 7 aromatic rings. The van der Waals surface area contributed by atoms with Gasteiger partial charge in [-0.3, -0.25) is 4.98 Å². The highest BCUT2D eigenvalue weighted by Crippen LogP contribution is 2.61. The molecule has 2 heterocycles. The van der Waals surface area contributed by atoms with Crippen molar-refractivity contribution >= 4 is 43.5 Å². The van der Waals surface area contributed by atoms with Crippen molar-refractivity contribution in [3.05, 3.63) is 112 Å². The highest BCUT2D eigenvalue weighted by molar-refractivity contribution is 6.18. The fraction of sp³-hybridized carbons (Fsp3) is 0.392. The maximum Gasteiger partial charge on any atom is 0.144 e. The number of pyridine rings is 1. The first-order valence-corrected chi connectivity index (χ1v) is 19.3. The molecule has 270 valence electrons. The van der Waals surface area contributed by atoms with E-state index in [0.717, 1.165) is 40.0 Å². The maximum atomic E-state index is 9.08. The minimum atomic E-state index is -2.52. The van der Waals surface area contributed by atoms with Gasteiger partial charge in [0.25, 0.3) is 0 Å². The van der Waals surface area contributed by atoms with Crippen LogP contribution < -0.4 is 0 Å². The Balaban J connectivity index is 1.27. The SMILES string of the molecule is [2H]C([2H])([2H])c1cnc(-c2cccc3c2oc2cc4c(ccc5ccc(-c6c7c(cc8c6C(C)(C)CC8(C)C)C(C)(C)CC7(C)C)cc54)cc23)cc1C([2H])([2H])C(C)(C)C. The Morgan fingerprint density at radius 3 is 2.00 bits per heavy atom. The van der Waals surface area contributed by atoms with E-state index >= 15 is 0 Å². The van der Waals surface area contributed by atoms with Gasteiger partial charge in [0.1, 0.15) is 11.2 Å². The fourth-order valence-electron chi connectivity index (χ4n) is 10.8. The van der Waals surface area contributed by atoms with Gasteiger partial charge in [-0.2, -0.15) is 0 Å². The zero-order chi connectivity index (χ0) is 41.9. The van der Waals surface area contributed by atoms with Crippen LogP contribution in [-0.2, 0) is 28.0 Å². The van der Waals surface area contributed by atoms with Gasteiger partial charge in [0.2, 0.25) is 0 Å². The van der Waals surface area contributed by atoms with Crippen molar-refractivity contribution in [3.8, 4) is 22.4 Å². The van der Waals surface area contributed by atoms with Crippen LogP contribution >= 0.6 is 0 Å². The molecule has 2 aromatic heterocycles. The van der Waals surface area contributed by atoms with Gasteiger partial charge in [-0.05, 0) is 150 Å². The molecule has 9 rings (SSSR count). The van der Waals surface area contributed by atoms with Gasteiger partial charge in [0.15, 0.2) is 0 Å². The van der Waals surface area contributed by atoms with E-state index in [4.69, 9.17) is 11.3 Å². The van der Waals surface area contributed by atoms with Crippen molar-refractivity contribution in [1.82, 2.24) is 4.98 Å². The number of hydrogen-bond acceptors (Lipinski definition) is 2. The summed E-state index contributed by atoms with van der Waals surface area (Å²) in [6, 6.07) is 26.0. The summed E-state index contributed by atoms with van der Waals surface area (Å²) in [5.74, 6) is 0. The Hall–Kier alpha value is -4.43. The van der Waals surface area contributed by atoms with E-state index in [9.17, 15) is 0 Å². The molecule has 0 radical (unpaired) electrons. The number of benzene rings is 5. The summed E-state index contributed by atoms with van der Waals surface area (Å²) in [5.41, 5.74) is 10.7. The third-order valence-electron chi connectivity index (χ3n) is 12.3. The van der Waals surface area contributed by atoms with E-state index in [2.05, 4.69) is 109 Å². The van der Waals surface area contributed by atoms with Crippen LogP contribution in [0.5, 0.6) is 0 Å². The smallest absolute Gasteiger partial charge is 0.144 e. The number of para-hydroxylation sites is 1. The number of aromatic nitrogens is 1. The third kappa shape index (κ3) is 5.22. The molecule has 0 atom stereocenters. The van der Waals surface area contributed by atoms with Gasteiger partial charge in [0.05, 0.1) is 5.69 Å². The molecule has 5 aromatic carbocycles. The summed E-state index contributed by atoms with van der Waals surface area (Å²) < 4.78 is 49.6. The first-order chi connectivity index (χ1) is 26.7. The minimum absolute atomic E-state index is 0.0239. The van der Waals surface area contributed by atoms with Crippen LogP contribution in [0.4, 0.5) is 0 Å². The molecule has 53 heavy (non-hydrogen) atoms. The fourth-order valence-corrected chi connectivity index (χ4v) is 10.8. The van der Waals surface area contributed by atoms with E-state index in [-0.39, 0.29) is 32.8 Å². The predicted octanol–water partition coefficient (Wildman–Crippen LogP) is 14.4. The molecule has 0 N–H and O–H groups in total. The van der Waals surface area contributed by atoms with Gasteiger partial charge < -0.3 is 4.42 Å². The summed E-state index contributed by atoms with van der Waals surface area (Å²) in [7, 11) is 0. The van der Waals surface area contributed by atoms with Crippen LogP contribution in [-0.4, -0.2) is 4.98 Å². The second-order valence-electron chi connectivity index (χ2n) is 19.8. The Morgan fingerprint density at radius 1 is 0.698 bits per heavy atom. The van der Waals surface area contributed by atoms with E-state index in [0.29, 0.717) is 16.8 Å². The molecule has 2 nitrogen and oxygen atoms in total. The number of rotatable bonds is 3. The Kier molecular flexibility index (Phi) is 5.93. The van der Waals surface area contributed by atoms with Crippen molar-refractivity contribution in [2.24, 2.45) is 5.41 Å². The summed E-state index contributed by atoms with van der Waals surface area (Å²) >= 11 is 0. The molecule has 0 saturated carbocycles. The Bertz CT molecular complexity index is 2840. The van der Waals surface area contributed by atoms with E-state index < -0.39 is 18.6 Å². The van der Waals surface area contributed by atoms with Gasteiger partial charge in [-0.25, -0.2) is 0 Å². The lowest BCUT2D eigenvalue weighted by molar-refractivity contribution is 0.396. The summed E-state index contributed by atoms with van der Waals surface area (Å²) in [4.78, 5) is 4.63. The lowest BCUT2D eigenvalue weighted by Crippen LogP contribution is -2.20. The quantitative estimate of drug-likeness (QED) is 0.171. The average Bonchev–Trinajstić information content (AvgIpc) is 3.64. The van der Waals surface area contributed by atoms with Crippen LogP contribution in [0.15, 0.2) is 83.4 Å². The number of furan rings is 1. The second kappa shape index (κ2) is 10.8. The molecule has 0 spiro atoms. The largest absolute Gasteiger partial charge is 0.455 e. The molecule has 0 unspecified atom stereocenters. The zero-order valence-corrected chi connectivity index (χ0v) is 33.3. The van der Waals surface area contributed by atoms with Crippen LogP contribution in [0, 0.1) is 12.3 Å². The van der Waals surface area contributed by atoms with Crippen LogP contribution in [0.1, 0.15) is 129 Å². The van der Waals surface area contributed by atoms with Crippen LogP contribution in [0.25, 0.3) is 65.9 Å². The topological polar surface area (TPSA) is 26.0 Å². The van der Waals surface area contributed by atoms with Crippen LogP contribution in [0.3, 0.4) is 0 Å². The first kappa shape index (κ1) is 29.0. The van der Waals surface area contributed by atoms with Crippen LogP contribution in [0.2, 0.25) is 0 Å². The molecule has 2 heteroatoms. The number of nitrogens with zero attached hydrogens (tertiary/aromatic N) is 1. The predicted molar refractivity (Wildman–Crippen MR) is 227 cm³/mol. The monoisotopic (exact) mass is 702 g/mol. The van der Waals surface area contributed by atoms with E-state index in [1.807, 2.05) is 18.2 Å². The summed E-state index contributed by atoms with van der Waals surface area (Å²) in [6.45, 7) is 22.3. The highest BCUT2D eigenvalue weighted by atomic mass is 16.3. The van der Waals surface area contributed by atoms with Crippen molar-refractivity contribution in [1.29, 1.82) is 0 Å². The molecule has 0 saturated heterocycles. The van der Waals surface area contributed by atoms with Crippen molar-refractivity contribution in [2.75, 3.05) is 0 Å². The molecular formula is C51H55NO. The van der Waals surface area contributed by atoms with E-state index in [1.54, 1.807) is 26.8 Å². The second-order valence-corrected chi connectivity index (χ2v) is 19.8. The van der Waals surface area contributed by atoms with E-state index in [1.165, 1.54) is 50.4 Å². The van der Waals surface area contributed by atoms with Crippen molar-refractivity contribution in [2.45, 2.75) is 124 Å². The zero-order valence-electron chi connectivity index (χ0n) is 38.3. The van der Waals surface area contributed by atoms with Gasteiger partial charge in [-0.15, -0.1) is 0 Å². The molecule has 0 bridgehead atoms. The molecule has 2 aliphatic carbocycles. The first-order valence-electron chi connectivity index (χ1n) is 21.8. The Morgan fingerprint density at radius 2 is 1.34 bits per heavy atom. The van der Waals surface area contributed by atoms with Gasteiger partial charge in [-0.1, -0.05) is 119 Å². The number of aryl methyl sites for hydroxylation is 1. The highest BCUT2D eigenvalue weighted by Gasteiger charge is 2.50.